The first-order valence-corrected chi connectivity index (χ1v) is 8.39. The maximum absolute atomic E-state index is 11.9. The summed E-state index contributed by atoms with van der Waals surface area (Å²) in [4.78, 5) is 45.7. The summed E-state index contributed by atoms with van der Waals surface area (Å²) in [6.45, 7) is 1.33. The van der Waals surface area contributed by atoms with E-state index in [0.29, 0.717) is 5.92 Å². The van der Waals surface area contributed by atoms with Crippen molar-refractivity contribution in [1.82, 2.24) is 10.6 Å². The van der Waals surface area contributed by atoms with Crippen molar-refractivity contribution in [3.63, 3.8) is 0 Å². The Morgan fingerprint density at radius 3 is 2.62 bits per heavy atom. The molecule has 1 aliphatic rings. The van der Waals surface area contributed by atoms with E-state index in [1.54, 1.807) is 0 Å². The van der Waals surface area contributed by atoms with E-state index >= 15 is 0 Å². The van der Waals surface area contributed by atoms with Gasteiger partial charge in [-0.15, -0.1) is 0 Å². The molecule has 9 heteroatoms. The molecule has 0 spiro atoms. The first-order valence-electron chi connectivity index (χ1n) is 8.39. The Morgan fingerprint density at radius 1 is 1.23 bits per heavy atom. The average Bonchev–Trinajstić information content (AvgIpc) is 2.61. The number of hydrogen-bond acceptors (Lipinski definition) is 6. The molecule has 1 aromatic rings. The third-order valence-electron chi connectivity index (χ3n) is 4.34. The van der Waals surface area contributed by atoms with E-state index in [9.17, 15) is 24.5 Å². The molecule has 26 heavy (non-hydrogen) atoms. The summed E-state index contributed by atoms with van der Waals surface area (Å²) in [5.41, 5.74) is -0.673. The molecular formula is C17H21N3O6. The molecule has 2 N–H and O–H groups in total. The van der Waals surface area contributed by atoms with Gasteiger partial charge in [-0.1, -0.05) is 31.9 Å². The zero-order valence-electron chi connectivity index (χ0n) is 14.4. The van der Waals surface area contributed by atoms with Crippen molar-refractivity contribution < 1.29 is 24.0 Å². The summed E-state index contributed by atoms with van der Waals surface area (Å²) >= 11 is 0. The normalized spacial score (nSPS) is 19.3. The molecule has 140 valence electrons. The molecule has 2 atom stereocenters. The third-order valence-corrected chi connectivity index (χ3v) is 4.34. The van der Waals surface area contributed by atoms with Crippen LogP contribution in [0, 0.1) is 16.0 Å². The van der Waals surface area contributed by atoms with Gasteiger partial charge in [0.05, 0.1) is 4.92 Å². The second kappa shape index (κ2) is 8.93. The fraction of sp³-hybridized carbons (Fsp3) is 0.471. The van der Waals surface area contributed by atoms with E-state index < -0.39 is 35.1 Å². The largest absolute Gasteiger partial charge is 0.452 e. The molecule has 0 saturated heterocycles. The molecule has 1 aliphatic carbocycles. The maximum Gasteiger partial charge on any atom is 0.345 e. The average molecular weight is 363 g/mol. The maximum atomic E-state index is 11.9. The molecule has 1 fully saturated rings. The molecule has 3 amide bonds. The zero-order chi connectivity index (χ0) is 19.1. The van der Waals surface area contributed by atoms with Gasteiger partial charge in [-0.05, 0) is 24.8 Å². The van der Waals surface area contributed by atoms with Gasteiger partial charge in [-0.3, -0.25) is 20.2 Å². The number of esters is 1. The summed E-state index contributed by atoms with van der Waals surface area (Å²) in [5.74, 6) is -1.48. The van der Waals surface area contributed by atoms with Crippen LogP contribution in [0.4, 0.5) is 10.5 Å². The van der Waals surface area contributed by atoms with Crippen molar-refractivity contribution in [2.24, 2.45) is 5.92 Å². The molecule has 2 rings (SSSR count). The minimum atomic E-state index is -1.01. The number of ether oxygens (including phenoxy) is 1. The number of nitro benzene ring substituents is 1. The number of carbonyl (C=O) groups is 3. The molecule has 1 aromatic carbocycles. The Bertz CT molecular complexity index is 705. The first-order chi connectivity index (χ1) is 12.4. The smallest absolute Gasteiger partial charge is 0.345 e. The topological polar surface area (TPSA) is 128 Å². The van der Waals surface area contributed by atoms with Crippen LogP contribution in [-0.4, -0.2) is 35.5 Å². The number of nitrogens with one attached hydrogen (secondary N) is 2. The van der Waals surface area contributed by atoms with Crippen LogP contribution < -0.4 is 10.6 Å². The molecule has 0 radical (unpaired) electrons. The van der Waals surface area contributed by atoms with E-state index in [-0.39, 0.29) is 11.6 Å². The highest BCUT2D eigenvalue weighted by atomic mass is 16.6. The molecule has 9 nitrogen and oxygen atoms in total. The summed E-state index contributed by atoms with van der Waals surface area (Å²) in [6.07, 6.45) is 4.03. The summed E-state index contributed by atoms with van der Waals surface area (Å²) in [7, 11) is 0. The minimum absolute atomic E-state index is 0.00562. The number of urea groups is 1. The van der Waals surface area contributed by atoms with Crippen molar-refractivity contribution in [1.29, 1.82) is 0 Å². The van der Waals surface area contributed by atoms with Gasteiger partial charge in [-0.25, -0.2) is 9.59 Å². The van der Waals surface area contributed by atoms with Gasteiger partial charge in [0.1, 0.15) is 5.56 Å². The van der Waals surface area contributed by atoms with E-state index in [0.717, 1.165) is 31.7 Å². The SMILES string of the molecule is C[C@H]1CCCC[C@@H]1NC(=O)NC(=O)COC(=O)c1ccccc1[N+](=O)[O-]. The lowest BCUT2D eigenvalue weighted by molar-refractivity contribution is -0.385. The van der Waals surface area contributed by atoms with E-state index in [4.69, 9.17) is 4.74 Å². The van der Waals surface area contributed by atoms with Gasteiger partial charge in [0, 0.05) is 12.1 Å². The predicted octanol–water partition coefficient (Wildman–Crippen LogP) is 2.16. The monoisotopic (exact) mass is 363 g/mol. The van der Waals surface area contributed by atoms with Gasteiger partial charge in [0.15, 0.2) is 6.61 Å². The van der Waals surface area contributed by atoms with Crippen LogP contribution >= 0.6 is 0 Å². The standard InChI is InChI=1S/C17H21N3O6/c1-11-6-2-4-8-13(11)18-17(23)19-15(21)10-26-16(22)12-7-3-5-9-14(12)20(24)25/h3,5,7,9,11,13H,2,4,6,8,10H2,1H3,(H2,18,19,21,23)/t11-,13-/m0/s1. The lowest BCUT2D eigenvalue weighted by atomic mass is 9.86. The van der Waals surface area contributed by atoms with Crippen molar-refractivity contribution in [2.45, 2.75) is 38.6 Å². The zero-order valence-corrected chi connectivity index (χ0v) is 14.4. The van der Waals surface area contributed by atoms with Gasteiger partial charge < -0.3 is 10.1 Å². The van der Waals surface area contributed by atoms with Crippen molar-refractivity contribution >= 4 is 23.6 Å². The van der Waals surface area contributed by atoms with Crippen LogP contribution in [0.2, 0.25) is 0 Å². The molecule has 0 aromatic heterocycles. The fourth-order valence-electron chi connectivity index (χ4n) is 2.91. The predicted molar refractivity (Wildman–Crippen MR) is 91.5 cm³/mol. The van der Waals surface area contributed by atoms with Gasteiger partial charge >= 0.3 is 12.0 Å². The quantitative estimate of drug-likeness (QED) is 0.469. The van der Waals surface area contributed by atoms with Crippen LogP contribution in [-0.2, 0) is 9.53 Å². The van der Waals surface area contributed by atoms with Crippen LogP contribution in [0.3, 0.4) is 0 Å². The summed E-state index contributed by atoms with van der Waals surface area (Å²) in [6, 6.07) is 4.62. The van der Waals surface area contributed by atoms with Gasteiger partial charge in [0.25, 0.3) is 11.6 Å². The molecular weight excluding hydrogens is 342 g/mol. The van der Waals surface area contributed by atoms with Crippen LogP contribution in [0.15, 0.2) is 24.3 Å². The lowest BCUT2D eigenvalue weighted by Gasteiger charge is -2.29. The van der Waals surface area contributed by atoms with E-state index in [1.807, 2.05) is 6.92 Å². The Labute approximate surface area is 150 Å². The Kier molecular flexibility index (Phi) is 6.65. The second-order valence-corrected chi connectivity index (χ2v) is 6.24. The summed E-state index contributed by atoms with van der Waals surface area (Å²) < 4.78 is 4.76. The highest BCUT2D eigenvalue weighted by molar-refractivity contribution is 5.98. The number of carbonyl (C=O) groups excluding carboxylic acids is 3. The van der Waals surface area contributed by atoms with Crippen LogP contribution in [0.1, 0.15) is 43.0 Å². The number of nitrogens with zero attached hydrogens (tertiary/aromatic N) is 1. The number of rotatable bonds is 5. The minimum Gasteiger partial charge on any atom is -0.452 e. The Hall–Kier alpha value is -2.97. The van der Waals surface area contributed by atoms with E-state index in [2.05, 4.69) is 10.6 Å². The van der Waals surface area contributed by atoms with Crippen molar-refractivity contribution in [2.75, 3.05) is 6.61 Å². The first kappa shape index (κ1) is 19.4. The molecule has 0 heterocycles. The van der Waals surface area contributed by atoms with Crippen molar-refractivity contribution in [3.8, 4) is 0 Å². The number of imide groups is 1. The second-order valence-electron chi connectivity index (χ2n) is 6.24. The number of para-hydroxylation sites is 1. The number of nitro groups is 1. The van der Waals surface area contributed by atoms with Crippen molar-refractivity contribution in [3.05, 3.63) is 39.9 Å². The highest BCUT2D eigenvalue weighted by Crippen LogP contribution is 2.23. The third kappa shape index (κ3) is 5.27. The molecule has 0 unspecified atom stereocenters. The van der Waals surface area contributed by atoms with Gasteiger partial charge in [-0.2, -0.15) is 0 Å². The molecule has 0 bridgehead atoms. The number of amides is 3. The Balaban J connectivity index is 1.82. The number of benzene rings is 1. The van der Waals surface area contributed by atoms with Gasteiger partial charge in [0.2, 0.25) is 0 Å². The molecule has 1 saturated carbocycles. The van der Waals surface area contributed by atoms with E-state index in [1.165, 1.54) is 18.2 Å². The Morgan fingerprint density at radius 2 is 1.92 bits per heavy atom. The molecule has 0 aliphatic heterocycles. The lowest BCUT2D eigenvalue weighted by Crippen LogP contribution is -2.48. The van der Waals surface area contributed by atoms with Crippen LogP contribution in [0.5, 0.6) is 0 Å². The van der Waals surface area contributed by atoms with Crippen LogP contribution in [0.25, 0.3) is 0 Å². The summed E-state index contributed by atoms with van der Waals surface area (Å²) in [5, 5.41) is 15.7. The highest BCUT2D eigenvalue weighted by Gasteiger charge is 2.24. The number of hydrogen-bond donors (Lipinski definition) is 2. The fourth-order valence-corrected chi connectivity index (χ4v) is 2.91.